The monoisotopic (exact) mass is 374 g/mol. The first-order chi connectivity index (χ1) is 13.7. The van der Waals surface area contributed by atoms with E-state index in [0.717, 1.165) is 34.8 Å². The van der Waals surface area contributed by atoms with Crippen LogP contribution in [0.5, 0.6) is 11.5 Å². The molecule has 2 aliphatic rings. The molecule has 3 aromatic rings. The minimum atomic E-state index is -0.600. The number of para-hydroxylation sites is 1. The third-order valence-corrected chi connectivity index (χ3v) is 5.29. The standard InChI is InChI=1S/C23H19FN2O2/c1-27-16-12-10-15(11-13-16)20-14-21-18-7-3-5-9-22(18)28-23(26(21)25-20)17-6-2-4-8-19(17)24/h2-13,21,23H,14H2,1H3. The summed E-state index contributed by atoms with van der Waals surface area (Å²) in [6.07, 6.45) is 0.134. The average molecular weight is 374 g/mol. The molecule has 2 atom stereocenters. The van der Waals surface area contributed by atoms with Crippen molar-refractivity contribution >= 4 is 5.71 Å². The molecule has 0 bridgehead atoms. The zero-order valence-corrected chi connectivity index (χ0v) is 15.4. The molecular weight excluding hydrogens is 355 g/mol. The van der Waals surface area contributed by atoms with E-state index >= 15 is 0 Å². The molecule has 0 saturated carbocycles. The number of ether oxygens (including phenoxy) is 2. The van der Waals surface area contributed by atoms with Crippen LogP contribution in [0.25, 0.3) is 0 Å². The van der Waals surface area contributed by atoms with Gasteiger partial charge < -0.3 is 9.47 Å². The number of hydrogen-bond donors (Lipinski definition) is 0. The number of hydrogen-bond acceptors (Lipinski definition) is 4. The Hall–Kier alpha value is -3.34. The molecule has 0 spiro atoms. The fraction of sp³-hybridized carbons (Fsp3) is 0.174. The second kappa shape index (κ2) is 6.68. The summed E-state index contributed by atoms with van der Waals surface area (Å²) in [5.74, 6) is 1.29. The number of benzene rings is 3. The molecule has 4 nitrogen and oxygen atoms in total. The van der Waals surface area contributed by atoms with E-state index in [4.69, 9.17) is 14.6 Å². The van der Waals surface area contributed by atoms with Crippen molar-refractivity contribution in [2.45, 2.75) is 18.7 Å². The van der Waals surface area contributed by atoms with Gasteiger partial charge in [0.2, 0.25) is 6.23 Å². The number of nitrogens with zero attached hydrogens (tertiary/aromatic N) is 2. The Balaban J connectivity index is 1.58. The van der Waals surface area contributed by atoms with Gasteiger partial charge in [-0.25, -0.2) is 9.40 Å². The van der Waals surface area contributed by atoms with Crippen LogP contribution < -0.4 is 9.47 Å². The highest BCUT2D eigenvalue weighted by atomic mass is 19.1. The molecule has 3 aromatic carbocycles. The van der Waals surface area contributed by atoms with Gasteiger partial charge >= 0.3 is 0 Å². The molecule has 0 aliphatic carbocycles. The van der Waals surface area contributed by atoms with Gasteiger partial charge in [-0.1, -0.05) is 36.4 Å². The molecule has 140 valence electrons. The predicted molar refractivity (Wildman–Crippen MR) is 105 cm³/mol. The molecule has 2 unspecified atom stereocenters. The number of halogens is 1. The Kier molecular flexibility index (Phi) is 4.01. The summed E-state index contributed by atoms with van der Waals surface area (Å²) in [5, 5.41) is 6.74. The first kappa shape index (κ1) is 16.8. The highest BCUT2D eigenvalue weighted by Gasteiger charge is 2.41. The van der Waals surface area contributed by atoms with Gasteiger partial charge in [-0.05, 0) is 42.0 Å². The SMILES string of the molecule is COc1ccc(C2=NN3C(C2)c2ccccc2OC3c2ccccc2F)cc1. The lowest BCUT2D eigenvalue weighted by atomic mass is 9.96. The maximum Gasteiger partial charge on any atom is 0.216 e. The van der Waals surface area contributed by atoms with Crippen molar-refractivity contribution in [3.8, 4) is 11.5 Å². The Morgan fingerprint density at radius 3 is 2.43 bits per heavy atom. The van der Waals surface area contributed by atoms with Crippen molar-refractivity contribution in [1.29, 1.82) is 0 Å². The molecular formula is C23H19FN2O2. The third kappa shape index (κ3) is 2.71. The summed E-state index contributed by atoms with van der Waals surface area (Å²) in [6, 6.07) is 22.5. The highest BCUT2D eigenvalue weighted by Crippen LogP contribution is 2.47. The van der Waals surface area contributed by atoms with E-state index in [9.17, 15) is 4.39 Å². The molecule has 5 rings (SSSR count). The van der Waals surface area contributed by atoms with Crippen molar-refractivity contribution in [1.82, 2.24) is 5.01 Å². The fourth-order valence-electron chi connectivity index (χ4n) is 3.87. The summed E-state index contributed by atoms with van der Waals surface area (Å²) in [4.78, 5) is 0. The maximum absolute atomic E-state index is 14.5. The molecule has 0 amide bonds. The number of rotatable bonds is 3. The fourth-order valence-corrected chi connectivity index (χ4v) is 3.87. The zero-order chi connectivity index (χ0) is 19.1. The average Bonchev–Trinajstić information content (AvgIpc) is 3.19. The zero-order valence-electron chi connectivity index (χ0n) is 15.4. The largest absolute Gasteiger partial charge is 0.497 e. The van der Waals surface area contributed by atoms with Crippen molar-refractivity contribution in [2.75, 3.05) is 7.11 Å². The van der Waals surface area contributed by atoms with E-state index in [1.807, 2.05) is 53.5 Å². The van der Waals surface area contributed by atoms with Crippen LogP contribution in [0.1, 0.15) is 35.4 Å². The smallest absolute Gasteiger partial charge is 0.216 e. The first-order valence-corrected chi connectivity index (χ1v) is 9.25. The van der Waals surface area contributed by atoms with E-state index in [0.29, 0.717) is 5.56 Å². The first-order valence-electron chi connectivity index (χ1n) is 9.25. The van der Waals surface area contributed by atoms with Gasteiger partial charge in [0.05, 0.1) is 24.4 Å². The van der Waals surface area contributed by atoms with E-state index < -0.39 is 6.23 Å². The van der Waals surface area contributed by atoms with Crippen LogP contribution in [0.2, 0.25) is 0 Å². The normalized spacial score (nSPS) is 20.1. The Morgan fingerprint density at radius 2 is 1.68 bits per heavy atom. The number of methoxy groups -OCH3 is 1. The quantitative estimate of drug-likeness (QED) is 0.641. The molecule has 0 radical (unpaired) electrons. The molecule has 0 saturated heterocycles. The van der Waals surface area contributed by atoms with Gasteiger partial charge in [0.1, 0.15) is 17.3 Å². The second-order valence-corrected chi connectivity index (χ2v) is 6.90. The molecule has 5 heteroatoms. The van der Waals surface area contributed by atoms with E-state index in [1.165, 1.54) is 6.07 Å². The van der Waals surface area contributed by atoms with Gasteiger partial charge in [-0.3, -0.25) is 0 Å². The topological polar surface area (TPSA) is 34.1 Å². The van der Waals surface area contributed by atoms with Crippen LogP contribution in [0, 0.1) is 5.82 Å². The minimum Gasteiger partial charge on any atom is -0.497 e. The molecule has 0 fully saturated rings. The number of hydrazone groups is 1. The van der Waals surface area contributed by atoms with Crippen LogP contribution in [0.3, 0.4) is 0 Å². The van der Waals surface area contributed by atoms with Crippen molar-refractivity contribution in [2.24, 2.45) is 5.10 Å². The van der Waals surface area contributed by atoms with Crippen molar-refractivity contribution in [3.63, 3.8) is 0 Å². The summed E-state index contributed by atoms with van der Waals surface area (Å²) < 4.78 is 26.0. The molecule has 2 aliphatic heterocycles. The van der Waals surface area contributed by atoms with Crippen molar-refractivity contribution < 1.29 is 13.9 Å². The van der Waals surface area contributed by atoms with E-state index in [-0.39, 0.29) is 11.9 Å². The van der Waals surface area contributed by atoms with Crippen LogP contribution in [0.4, 0.5) is 4.39 Å². The summed E-state index contributed by atoms with van der Waals surface area (Å²) in [7, 11) is 1.65. The highest BCUT2D eigenvalue weighted by molar-refractivity contribution is 6.02. The van der Waals surface area contributed by atoms with Crippen LogP contribution >= 0.6 is 0 Å². The van der Waals surface area contributed by atoms with Crippen LogP contribution in [-0.4, -0.2) is 17.8 Å². The lowest BCUT2D eigenvalue weighted by Crippen LogP contribution is -2.34. The minimum absolute atomic E-state index is 0.00616. The van der Waals surface area contributed by atoms with Gasteiger partial charge in [0, 0.05) is 12.0 Å². The summed E-state index contributed by atoms with van der Waals surface area (Å²) in [6.45, 7) is 0. The van der Waals surface area contributed by atoms with E-state index in [1.54, 1.807) is 19.2 Å². The predicted octanol–water partition coefficient (Wildman–Crippen LogP) is 5.08. The van der Waals surface area contributed by atoms with Crippen LogP contribution in [-0.2, 0) is 0 Å². The maximum atomic E-state index is 14.5. The number of fused-ring (bicyclic) bond motifs is 3. The van der Waals surface area contributed by atoms with Crippen LogP contribution in [0.15, 0.2) is 77.9 Å². The van der Waals surface area contributed by atoms with Gasteiger partial charge in [-0.2, -0.15) is 5.10 Å². The third-order valence-electron chi connectivity index (χ3n) is 5.29. The lowest BCUT2D eigenvalue weighted by molar-refractivity contribution is -0.0212. The second-order valence-electron chi connectivity index (χ2n) is 6.90. The summed E-state index contributed by atoms with van der Waals surface area (Å²) >= 11 is 0. The lowest BCUT2D eigenvalue weighted by Gasteiger charge is -2.38. The molecule has 2 heterocycles. The van der Waals surface area contributed by atoms with Gasteiger partial charge in [0.15, 0.2) is 0 Å². The van der Waals surface area contributed by atoms with Gasteiger partial charge in [0.25, 0.3) is 0 Å². The van der Waals surface area contributed by atoms with Crippen molar-refractivity contribution in [3.05, 3.63) is 95.3 Å². The molecule has 0 N–H and O–H groups in total. The Bertz CT molecular complexity index is 1050. The Morgan fingerprint density at radius 1 is 0.964 bits per heavy atom. The summed E-state index contributed by atoms with van der Waals surface area (Å²) in [5.41, 5.74) is 3.54. The van der Waals surface area contributed by atoms with E-state index in [2.05, 4.69) is 6.07 Å². The molecule has 0 aromatic heterocycles. The Labute approximate surface area is 162 Å². The van der Waals surface area contributed by atoms with Gasteiger partial charge in [-0.15, -0.1) is 0 Å². The molecule has 28 heavy (non-hydrogen) atoms.